The highest BCUT2D eigenvalue weighted by molar-refractivity contribution is 5.81. The van der Waals surface area contributed by atoms with Crippen molar-refractivity contribution >= 4 is 17.1 Å². The van der Waals surface area contributed by atoms with Crippen LogP contribution in [-0.2, 0) is 0 Å². The monoisotopic (exact) mass is 399 g/mol. The Labute approximate surface area is 167 Å². The van der Waals surface area contributed by atoms with Crippen molar-refractivity contribution in [3.8, 4) is 11.1 Å². The van der Waals surface area contributed by atoms with Gasteiger partial charge < -0.3 is 14.6 Å². The third-order valence-corrected chi connectivity index (χ3v) is 5.25. The van der Waals surface area contributed by atoms with Gasteiger partial charge in [-0.05, 0) is 49.1 Å². The molecule has 152 valence electrons. The van der Waals surface area contributed by atoms with E-state index in [1.807, 2.05) is 0 Å². The number of carbonyl (C=O) groups excluding carboxylic acids is 1. The molecule has 4 rings (SSSR count). The van der Waals surface area contributed by atoms with Crippen LogP contribution in [-0.4, -0.2) is 29.0 Å². The highest BCUT2D eigenvalue weighted by Gasteiger charge is 2.33. The fourth-order valence-corrected chi connectivity index (χ4v) is 3.72. The van der Waals surface area contributed by atoms with Crippen LogP contribution in [0.25, 0.3) is 22.2 Å². The predicted octanol–water partition coefficient (Wildman–Crippen LogP) is 5.42. The van der Waals surface area contributed by atoms with E-state index in [1.54, 1.807) is 23.1 Å². The fraction of sp³-hybridized carbons (Fsp3) is 0.364. The molecule has 1 aromatic heterocycles. The van der Waals surface area contributed by atoms with Gasteiger partial charge >= 0.3 is 6.03 Å². The number of oxazole rings is 1. The summed E-state index contributed by atoms with van der Waals surface area (Å²) < 4.78 is 33.2. The van der Waals surface area contributed by atoms with Gasteiger partial charge in [-0.3, -0.25) is 0 Å². The number of amides is 2. The van der Waals surface area contributed by atoms with Gasteiger partial charge in [-0.1, -0.05) is 19.4 Å². The minimum absolute atomic E-state index is 0.0997. The van der Waals surface area contributed by atoms with Gasteiger partial charge in [0.1, 0.15) is 23.2 Å². The lowest BCUT2D eigenvalue weighted by molar-refractivity contribution is 0.185. The Kier molecular flexibility index (Phi) is 5.47. The summed E-state index contributed by atoms with van der Waals surface area (Å²) in [7, 11) is 0. The number of aromatic nitrogens is 1. The Hall–Kier alpha value is -2.96. The standard InChI is InChI=1S/C22H23F2N3O2/c1-2-3-10-25-22(28)27-11-4-5-19(27)21-26-18-12-14(6-9-20(18)29-21)16-8-7-15(23)13-17(16)24/h6-9,12-13,19H,2-5,10-11H2,1H3,(H,25,28). The molecule has 29 heavy (non-hydrogen) atoms. The van der Waals surface area contributed by atoms with Gasteiger partial charge in [0.15, 0.2) is 5.58 Å². The normalized spacial score (nSPS) is 16.5. The first kappa shape index (κ1) is 19.4. The number of carbonyl (C=O) groups is 1. The van der Waals surface area contributed by atoms with Crippen molar-refractivity contribution < 1.29 is 18.0 Å². The molecule has 2 aromatic carbocycles. The summed E-state index contributed by atoms with van der Waals surface area (Å²) in [5, 5.41) is 2.95. The van der Waals surface area contributed by atoms with Crippen LogP contribution < -0.4 is 5.32 Å². The Morgan fingerprint density at radius 1 is 1.28 bits per heavy atom. The van der Waals surface area contributed by atoms with E-state index in [0.717, 1.165) is 31.7 Å². The highest BCUT2D eigenvalue weighted by Crippen LogP contribution is 2.34. The summed E-state index contributed by atoms with van der Waals surface area (Å²) in [6, 6.07) is 8.35. The molecule has 7 heteroatoms. The van der Waals surface area contributed by atoms with Crippen LogP contribution in [0.1, 0.15) is 44.5 Å². The molecule has 0 radical (unpaired) electrons. The minimum Gasteiger partial charge on any atom is -0.438 e. The molecule has 0 bridgehead atoms. The molecule has 1 atom stereocenters. The number of unbranched alkanes of at least 4 members (excludes halogenated alkanes) is 1. The lowest BCUT2D eigenvalue weighted by atomic mass is 10.0. The van der Waals surface area contributed by atoms with Crippen LogP contribution in [0.5, 0.6) is 0 Å². The van der Waals surface area contributed by atoms with Gasteiger partial charge in [0.05, 0.1) is 0 Å². The molecule has 1 fully saturated rings. The third-order valence-electron chi connectivity index (χ3n) is 5.25. The van der Waals surface area contributed by atoms with Crippen molar-refractivity contribution in [3.63, 3.8) is 0 Å². The van der Waals surface area contributed by atoms with Gasteiger partial charge in [-0.15, -0.1) is 0 Å². The quantitative estimate of drug-likeness (QED) is 0.583. The zero-order valence-electron chi connectivity index (χ0n) is 16.3. The average Bonchev–Trinajstić information content (AvgIpc) is 3.34. The molecular formula is C22H23F2N3O2. The van der Waals surface area contributed by atoms with E-state index in [0.29, 0.717) is 41.2 Å². The maximum Gasteiger partial charge on any atom is 0.318 e. The highest BCUT2D eigenvalue weighted by atomic mass is 19.1. The first-order valence-electron chi connectivity index (χ1n) is 9.97. The number of hydrogen-bond acceptors (Lipinski definition) is 3. The summed E-state index contributed by atoms with van der Waals surface area (Å²) in [6.45, 7) is 3.39. The zero-order chi connectivity index (χ0) is 20.4. The van der Waals surface area contributed by atoms with Crippen molar-refractivity contribution in [1.82, 2.24) is 15.2 Å². The van der Waals surface area contributed by atoms with Crippen LogP contribution in [0.4, 0.5) is 13.6 Å². The Balaban J connectivity index is 1.59. The molecule has 5 nitrogen and oxygen atoms in total. The lowest BCUT2D eigenvalue weighted by Crippen LogP contribution is -2.39. The molecule has 3 aromatic rings. The van der Waals surface area contributed by atoms with E-state index in [1.165, 1.54) is 12.1 Å². The van der Waals surface area contributed by atoms with Crippen LogP contribution in [0.3, 0.4) is 0 Å². The zero-order valence-corrected chi connectivity index (χ0v) is 16.3. The van der Waals surface area contributed by atoms with Crippen LogP contribution in [0, 0.1) is 11.6 Å². The molecule has 2 heterocycles. The summed E-state index contributed by atoms with van der Waals surface area (Å²) in [5.74, 6) is -0.756. The second-order valence-electron chi connectivity index (χ2n) is 7.30. The van der Waals surface area contributed by atoms with Crippen LogP contribution >= 0.6 is 0 Å². The van der Waals surface area contributed by atoms with Crippen molar-refractivity contribution in [2.24, 2.45) is 0 Å². The predicted molar refractivity (Wildman–Crippen MR) is 106 cm³/mol. The number of rotatable bonds is 5. The van der Waals surface area contributed by atoms with Gasteiger partial charge in [0.25, 0.3) is 0 Å². The van der Waals surface area contributed by atoms with Gasteiger partial charge in [0.2, 0.25) is 5.89 Å². The first-order chi connectivity index (χ1) is 14.1. The first-order valence-corrected chi connectivity index (χ1v) is 9.97. The largest absolute Gasteiger partial charge is 0.438 e. The number of halogens is 2. The van der Waals surface area contributed by atoms with Gasteiger partial charge in [-0.25, -0.2) is 18.6 Å². The average molecular weight is 399 g/mol. The van der Waals surface area contributed by atoms with Crippen molar-refractivity contribution in [2.45, 2.75) is 38.6 Å². The third kappa shape index (κ3) is 3.95. The van der Waals surface area contributed by atoms with E-state index in [-0.39, 0.29) is 12.1 Å². The maximum absolute atomic E-state index is 14.1. The van der Waals surface area contributed by atoms with E-state index in [9.17, 15) is 13.6 Å². The summed E-state index contributed by atoms with van der Waals surface area (Å²) in [6.07, 6.45) is 3.63. The second-order valence-corrected chi connectivity index (χ2v) is 7.30. The molecular weight excluding hydrogens is 376 g/mol. The Morgan fingerprint density at radius 2 is 2.14 bits per heavy atom. The van der Waals surface area contributed by atoms with Crippen molar-refractivity contribution in [1.29, 1.82) is 0 Å². The number of hydrogen-bond donors (Lipinski definition) is 1. The van der Waals surface area contributed by atoms with E-state index in [4.69, 9.17) is 4.42 Å². The number of likely N-dealkylation sites (tertiary alicyclic amines) is 1. The van der Waals surface area contributed by atoms with Crippen LogP contribution in [0.2, 0.25) is 0 Å². The molecule has 1 aliphatic heterocycles. The summed E-state index contributed by atoms with van der Waals surface area (Å²) in [5.41, 5.74) is 2.05. The lowest BCUT2D eigenvalue weighted by Gasteiger charge is -2.22. The van der Waals surface area contributed by atoms with Gasteiger partial charge in [-0.2, -0.15) is 0 Å². The minimum atomic E-state index is -0.626. The smallest absolute Gasteiger partial charge is 0.318 e. The Bertz CT molecular complexity index is 1030. The molecule has 1 saturated heterocycles. The van der Waals surface area contributed by atoms with E-state index >= 15 is 0 Å². The molecule has 1 aliphatic rings. The van der Waals surface area contributed by atoms with Crippen molar-refractivity contribution in [3.05, 3.63) is 53.9 Å². The van der Waals surface area contributed by atoms with Gasteiger partial charge in [0, 0.05) is 24.7 Å². The van der Waals surface area contributed by atoms with E-state index in [2.05, 4.69) is 17.2 Å². The van der Waals surface area contributed by atoms with E-state index < -0.39 is 11.6 Å². The molecule has 1 N–H and O–H groups in total. The molecule has 2 amide bonds. The van der Waals surface area contributed by atoms with Crippen molar-refractivity contribution in [2.75, 3.05) is 13.1 Å². The van der Waals surface area contributed by atoms with Crippen LogP contribution in [0.15, 0.2) is 40.8 Å². The maximum atomic E-state index is 14.1. The number of nitrogens with one attached hydrogen (secondary N) is 1. The fourth-order valence-electron chi connectivity index (χ4n) is 3.72. The number of benzene rings is 2. The SMILES string of the molecule is CCCCNC(=O)N1CCCC1c1nc2cc(-c3ccc(F)cc3F)ccc2o1. The Morgan fingerprint density at radius 3 is 2.93 bits per heavy atom. The molecule has 0 saturated carbocycles. The summed E-state index contributed by atoms with van der Waals surface area (Å²) in [4.78, 5) is 18.8. The number of nitrogens with zero attached hydrogens (tertiary/aromatic N) is 2. The number of fused-ring (bicyclic) bond motifs is 1. The molecule has 0 aliphatic carbocycles. The topological polar surface area (TPSA) is 58.4 Å². The summed E-state index contributed by atoms with van der Waals surface area (Å²) >= 11 is 0. The number of urea groups is 1. The molecule has 0 spiro atoms. The molecule has 1 unspecified atom stereocenters. The second kappa shape index (κ2) is 8.19.